The zero-order valence-electron chi connectivity index (χ0n) is 15.2. The molecule has 0 aliphatic carbocycles. The number of esters is 2. The average Bonchev–Trinajstić information content (AvgIpc) is 2.92. The second kappa shape index (κ2) is 9.47. The molecule has 0 spiro atoms. The van der Waals surface area contributed by atoms with Crippen molar-refractivity contribution in [1.82, 2.24) is 0 Å². The van der Waals surface area contributed by atoms with Crippen LogP contribution in [0.2, 0.25) is 0 Å². The molecule has 148 valence electrons. The molecule has 1 heterocycles. The van der Waals surface area contributed by atoms with E-state index in [-0.39, 0.29) is 12.4 Å². The molecular formula is C18H22O9. The summed E-state index contributed by atoms with van der Waals surface area (Å²) in [5.41, 5.74) is 0.617. The maximum atomic E-state index is 11.8. The molecule has 1 saturated heterocycles. The first-order chi connectivity index (χ1) is 12.8. The van der Waals surface area contributed by atoms with Gasteiger partial charge in [0.1, 0.15) is 24.9 Å². The van der Waals surface area contributed by atoms with Crippen molar-refractivity contribution in [3.63, 3.8) is 0 Å². The quantitative estimate of drug-likeness (QED) is 0.389. The fourth-order valence-electron chi connectivity index (χ4n) is 2.45. The number of hydrogen-bond donors (Lipinski definition) is 2. The summed E-state index contributed by atoms with van der Waals surface area (Å²) in [7, 11) is 2.76. The van der Waals surface area contributed by atoms with Gasteiger partial charge in [0, 0.05) is 20.1 Å². The summed E-state index contributed by atoms with van der Waals surface area (Å²) in [6.45, 7) is 1.04. The first-order valence-corrected chi connectivity index (χ1v) is 8.11. The maximum Gasteiger partial charge on any atom is 0.330 e. The lowest BCUT2D eigenvalue weighted by Crippen LogP contribution is -2.35. The van der Waals surface area contributed by atoms with Gasteiger partial charge in [0.15, 0.2) is 17.8 Å². The van der Waals surface area contributed by atoms with Crippen LogP contribution in [0.4, 0.5) is 0 Å². The Balaban J connectivity index is 1.92. The van der Waals surface area contributed by atoms with Crippen molar-refractivity contribution in [2.75, 3.05) is 20.8 Å². The Bertz CT molecular complexity index is 700. The van der Waals surface area contributed by atoms with Gasteiger partial charge in [0.2, 0.25) is 0 Å². The minimum Gasteiger partial charge on any atom is -0.493 e. The summed E-state index contributed by atoms with van der Waals surface area (Å²) < 4.78 is 25.3. The number of carbonyl (C=O) groups excluding carboxylic acids is 2. The molecule has 1 aliphatic rings. The first kappa shape index (κ1) is 20.8. The van der Waals surface area contributed by atoms with E-state index in [9.17, 15) is 19.8 Å². The third-order valence-corrected chi connectivity index (χ3v) is 3.79. The lowest BCUT2D eigenvalue weighted by atomic mass is 10.1. The van der Waals surface area contributed by atoms with Crippen LogP contribution in [0.1, 0.15) is 12.5 Å². The number of carbonyl (C=O) groups is 2. The Morgan fingerprint density at radius 2 is 1.93 bits per heavy atom. The van der Waals surface area contributed by atoms with Crippen LogP contribution in [-0.4, -0.2) is 67.6 Å². The van der Waals surface area contributed by atoms with Gasteiger partial charge in [-0.3, -0.25) is 4.79 Å². The monoisotopic (exact) mass is 382 g/mol. The average molecular weight is 382 g/mol. The highest BCUT2D eigenvalue weighted by molar-refractivity contribution is 5.87. The minimum absolute atomic E-state index is 0.240. The summed E-state index contributed by atoms with van der Waals surface area (Å²) in [6.07, 6.45) is -1.61. The van der Waals surface area contributed by atoms with E-state index in [4.69, 9.17) is 23.7 Å². The van der Waals surface area contributed by atoms with E-state index in [1.165, 1.54) is 33.3 Å². The summed E-state index contributed by atoms with van der Waals surface area (Å²) in [6, 6.07) is 4.76. The molecule has 2 rings (SSSR count). The van der Waals surface area contributed by atoms with Crippen LogP contribution in [0.3, 0.4) is 0 Å². The van der Waals surface area contributed by atoms with E-state index >= 15 is 0 Å². The first-order valence-electron chi connectivity index (χ1n) is 8.11. The molecule has 1 fully saturated rings. The number of rotatable bonds is 7. The Morgan fingerprint density at radius 3 is 2.52 bits per heavy atom. The third-order valence-electron chi connectivity index (χ3n) is 3.79. The molecule has 0 amide bonds. The fourth-order valence-corrected chi connectivity index (χ4v) is 2.45. The molecule has 0 radical (unpaired) electrons. The van der Waals surface area contributed by atoms with Gasteiger partial charge in [-0.15, -0.1) is 0 Å². The summed E-state index contributed by atoms with van der Waals surface area (Å²) in [5.74, 6) is -0.535. The van der Waals surface area contributed by atoms with E-state index in [0.717, 1.165) is 0 Å². The lowest BCUT2D eigenvalue weighted by molar-refractivity contribution is -0.162. The molecule has 1 unspecified atom stereocenters. The molecule has 9 nitrogen and oxygen atoms in total. The predicted octanol–water partition coefficient (Wildman–Crippen LogP) is 0.270. The van der Waals surface area contributed by atoms with Crippen molar-refractivity contribution in [2.45, 2.75) is 31.5 Å². The smallest absolute Gasteiger partial charge is 0.330 e. The molecule has 1 aromatic rings. The van der Waals surface area contributed by atoms with E-state index in [0.29, 0.717) is 11.3 Å². The number of aliphatic hydroxyl groups is 2. The number of hydrogen-bond acceptors (Lipinski definition) is 9. The van der Waals surface area contributed by atoms with Gasteiger partial charge >= 0.3 is 11.9 Å². The van der Waals surface area contributed by atoms with Gasteiger partial charge in [-0.25, -0.2) is 4.79 Å². The van der Waals surface area contributed by atoms with Gasteiger partial charge in [-0.1, -0.05) is 6.07 Å². The topological polar surface area (TPSA) is 121 Å². The van der Waals surface area contributed by atoms with Crippen molar-refractivity contribution in [1.29, 1.82) is 0 Å². The van der Waals surface area contributed by atoms with Gasteiger partial charge < -0.3 is 33.9 Å². The normalized spacial score (nSPS) is 24.8. The zero-order valence-corrected chi connectivity index (χ0v) is 15.2. The molecule has 27 heavy (non-hydrogen) atoms. The number of methoxy groups -OCH3 is 2. The minimum atomic E-state index is -1.22. The van der Waals surface area contributed by atoms with Crippen molar-refractivity contribution < 1.29 is 43.5 Å². The molecule has 1 aromatic carbocycles. The van der Waals surface area contributed by atoms with Gasteiger partial charge in [-0.2, -0.15) is 0 Å². The number of ether oxygens (including phenoxy) is 5. The summed E-state index contributed by atoms with van der Waals surface area (Å²) >= 11 is 0. The molecule has 1 aliphatic heterocycles. The van der Waals surface area contributed by atoms with Gasteiger partial charge in [0.05, 0.1) is 7.11 Å². The van der Waals surface area contributed by atoms with Crippen LogP contribution in [0, 0.1) is 0 Å². The maximum absolute atomic E-state index is 11.8. The molecule has 9 heteroatoms. The fraction of sp³-hybridized carbons (Fsp3) is 0.444. The van der Waals surface area contributed by atoms with Crippen LogP contribution in [0.25, 0.3) is 6.08 Å². The van der Waals surface area contributed by atoms with Crippen LogP contribution < -0.4 is 9.47 Å². The Kier molecular flexibility index (Phi) is 7.31. The molecule has 2 N–H and O–H groups in total. The Hall–Kier alpha value is -2.46. The molecular weight excluding hydrogens is 360 g/mol. The SMILES string of the molecule is COc1cc(/C=C/C(=O)OC[C@@H]2OC(OC)[C@H](O)[C@H]2O)ccc1OC(C)=O. The van der Waals surface area contributed by atoms with Gasteiger partial charge in [0.25, 0.3) is 0 Å². The second-order valence-electron chi connectivity index (χ2n) is 5.73. The van der Waals surface area contributed by atoms with Gasteiger partial charge in [-0.05, 0) is 23.8 Å². The lowest BCUT2D eigenvalue weighted by Gasteiger charge is -2.13. The Labute approximate surface area is 156 Å². The summed E-state index contributed by atoms with van der Waals surface area (Å²) in [4.78, 5) is 22.9. The highest BCUT2D eigenvalue weighted by Gasteiger charge is 2.43. The second-order valence-corrected chi connectivity index (χ2v) is 5.73. The van der Waals surface area contributed by atoms with E-state index in [2.05, 4.69) is 0 Å². The van der Waals surface area contributed by atoms with E-state index in [1.54, 1.807) is 18.2 Å². The van der Waals surface area contributed by atoms with Crippen LogP contribution in [0.15, 0.2) is 24.3 Å². The third kappa shape index (κ3) is 5.51. The predicted molar refractivity (Wildman–Crippen MR) is 92.0 cm³/mol. The molecule has 4 atom stereocenters. The van der Waals surface area contributed by atoms with Crippen LogP contribution in [0.5, 0.6) is 11.5 Å². The van der Waals surface area contributed by atoms with E-state index < -0.39 is 36.5 Å². The highest BCUT2D eigenvalue weighted by atomic mass is 16.7. The molecule has 0 bridgehead atoms. The van der Waals surface area contributed by atoms with Crippen molar-refractivity contribution in [3.8, 4) is 11.5 Å². The summed E-state index contributed by atoms with van der Waals surface area (Å²) in [5, 5.41) is 19.5. The van der Waals surface area contributed by atoms with Crippen LogP contribution >= 0.6 is 0 Å². The molecule has 0 aromatic heterocycles. The van der Waals surface area contributed by atoms with E-state index in [1.807, 2.05) is 0 Å². The van der Waals surface area contributed by atoms with Crippen LogP contribution in [-0.2, 0) is 23.8 Å². The highest BCUT2D eigenvalue weighted by Crippen LogP contribution is 2.28. The zero-order chi connectivity index (χ0) is 20.0. The number of aliphatic hydroxyl groups excluding tert-OH is 2. The number of benzene rings is 1. The van der Waals surface area contributed by atoms with Crippen molar-refractivity contribution in [2.24, 2.45) is 0 Å². The van der Waals surface area contributed by atoms with Crippen molar-refractivity contribution >= 4 is 18.0 Å². The molecule has 0 saturated carbocycles. The Morgan fingerprint density at radius 1 is 1.19 bits per heavy atom. The standard InChI is InChI=1S/C18H22O9/c1-10(19)26-12-6-4-11(8-13(12)23-2)5-7-15(20)25-9-14-16(21)17(22)18(24-3)27-14/h4-8,14,16-18,21-22H,9H2,1-3H3/b7-5+/t14-,16-,17+,18?/m0/s1. The largest absolute Gasteiger partial charge is 0.493 e. The van der Waals surface area contributed by atoms with Crippen molar-refractivity contribution in [3.05, 3.63) is 29.8 Å².